The summed E-state index contributed by atoms with van der Waals surface area (Å²) in [7, 11) is 0. The molecule has 3 aliphatic heterocycles. The second kappa shape index (κ2) is 5.33. The first-order valence-electron chi connectivity index (χ1n) is 8.90. The highest BCUT2D eigenvalue weighted by Gasteiger charge is 2.67. The van der Waals surface area contributed by atoms with E-state index in [9.17, 15) is 9.59 Å². The molecule has 0 aromatic rings. The molecule has 2 bridgehead atoms. The van der Waals surface area contributed by atoms with Gasteiger partial charge in [-0.2, -0.15) is 0 Å². The molecule has 0 N–H and O–H groups in total. The highest BCUT2D eigenvalue weighted by atomic mass is 16.6. The van der Waals surface area contributed by atoms with Crippen molar-refractivity contribution in [1.29, 1.82) is 0 Å². The topological polar surface area (TPSA) is 55.8 Å². The van der Waals surface area contributed by atoms with E-state index in [1.165, 1.54) is 19.3 Å². The van der Waals surface area contributed by atoms with Crippen molar-refractivity contribution < 1.29 is 19.1 Å². The molecular formula is C18H25NO4. The molecule has 0 aromatic heterocycles. The largest absolute Gasteiger partial charge is 0.463 e. The summed E-state index contributed by atoms with van der Waals surface area (Å²) in [6.07, 6.45) is 9.26. The predicted octanol–water partition coefficient (Wildman–Crippen LogP) is 2.05. The van der Waals surface area contributed by atoms with E-state index in [1.54, 1.807) is 0 Å². The number of hydrogen-bond acceptors (Lipinski definition) is 4. The molecule has 3 heterocycles. The van der Waals surface area contributed by atoms with Gasteiger partial charge in [-0.25, -0.2) is 0 Å². The third kappa shape index (κ3) is 2.24. The molecule has 5 nitrogen and oxygen atoms in total. The van der Waals surface area contributed by atoms with Gasteiger partial charge in [-0.3, -0.25) is 9.59 Å². The molecule has 3 fully saturated rings. The zero-order valence-corrected chi connectivity index (χ0v) is 13.9. The minimum atomic E-state index is -0.597. The predicted molar refractivity (Wildman–Crippen MR) is 83.5 cm³/mol. The van der Waals surface area contributed by atoms with Crippen molar-refractivity contribution in [2.24, 2.45) is 11.8 Å². The highest BCUT2D eigenvalue weighted by molar-refractivity contribution is 5.91. The Bertz CT molecular complexity index is 551. The first-order valence-corrected chi connectivity index (χ1v) is 8.90. The third-order valence-corrected chi connectivity index (χ3v) is 5.77. The van der Waals surface area contributed by atoms with Gasteiger partial charge in [-0.05, 0) is 26.7 Å². The second-order valence-corrected chi connectivity index (χ2v) is 7.64. The van der Waals surface area contributed by atoms with Crippen LogP contribution in [-0.2, 0) is 19.1 Å². The molecule has 1 spiro atoms. The second-order valence-electron chi connectivity index (χ2n) is 7.64. The molecule has 4 aliphatic rings. The average molecular weight is 319 g/mol. The van der Waals surface area contributed by atoms with Gasteiger partial charge >= 0.3 is 5.97 Å². The Kier molecular flexibility index (Phi) is 3.52. The zero-order valence-electron chi connectivity index (χ0n) is 13.9. The van der Waals surface area contributed by atoms with Crippen LogP contribution in [-0.4, -0.2) is 47.2 Å². The van der Waals surface area contributed by atoms with E-state index in [0.29, 0.717) is 12.6 Å². The maximum Gasteiger partial charge on any atom is 0.313 e. The summed E-state index contributed by atoms with van der Waals surface area (Å²) in [5, 5.41) is 0. The molecule has 126 valence electrons. The summed E-state index contributed by atoms with van der Waals surface area (Å²) >= 11 is 0. The number of carbonyl (C=O) groups is 2. The van der Waals surface area contributed by atoms with Crippen LogP contribution >= 0.6 is 0 Å². The van der Waals surface area contributed by atoms with E-state index in [-0.39, 0.29) is 24.1 Å². The molecule has 1 saturated carbocycles. The number of fused-ring (bicyclic) bond motifs is 1. The Balaban J connectivity index is 1.59. The molecular weight excluding hydrogens is 294 g/mol. The minimum Gasteiger partial charge on any atom is -0.463 e. The Labute approximate surface area is 137 Å². The maximum absolute atomic E-state index is 13.1. The van der Waals surface area contributed by atoms with Crippen LogP contribution in [0.2, 0.25) is 0 Å². The third-order valence-electron chi connectivity index (χ3n) is 5.77. The molecule has 5 heteroatoms. The van der Waals surface area contributed by atoms with Gasteiger partial charge < -0.3 is 14.4 Å². The fourth-order valence-corrected chi connectivity index (χ4v) is 4.81. The minimum absolute atomic E-state index is 0.0921. The lowest BCUT2D eigenvalue weighted by Crippen LogP contribution is -2.42. The van der Waals surface area contributed by atoms with E-state index in [2.05, 4.69) is 0 Å². The summed E-state index contributed by atoms with van der Waals surface area (Å²) in [5.41, 5.74) is -0.597. The molecule has 0 radical (unpaired) electrons. The number of nitrogens with zero attached hydrogens (tertiary/aromatic N) is 1. The first kappa shape index (κ1) is 15.2. The quantitative estimate of drug-likeness (QED) is 0.590. The highest BCUT2D eigenvalue weighted by Crippen LogP contribution is 2.53. The standard InChI is InChI=1S/C18H25NO4/c1-11(2)22-17(21)14-13-8-9-18(23-13)10-19(16(20)15(14)18)12-6-4-3-5-7-12/h8-9,11-15H,3-7,10H2,1-2H3/t13-,14-,15+,18-/m1/s1. The van der Waals surface area contributed by atoms with Gasteiger partial charge in [-0.1, -0.05) is 31.4 Å². The molecule has 0 unspecified atom stereocenters. The van der Waals surface area contributed by atoms with E-state index in [0.717, 1.165) is 12.8 Å². The molecule has 1 amide bonds. The van der Waals surface area contributed by atoms with Crippen molar-refractivity contribution in [3.63, 3.8) is 0 Å². The molecule has 4 rings (SSSR count). The summed E-state index contributed by atoms with van der Waals surface area (Å²) in [6, 6.07) is 0.314. The Morgan fingerprint density at radius 1 is 1.35 bits per heavy atom. The monoisotopic (exact) mass is 319 g/mol. The molecule has 1 aliphatic carbocycles. The van der Waals surface area contributed by atoms with Gasteiger partial charge in [0.25, 0.3) is 0 Å². The Morgan fingerprint density at radius 2 is 2.09 bits per heavy atom. The fraction of sp³-hybridized carbons (Fsp3) is 0.778. The van der Waals surface area contributed by atoms with Crippen molar-refractivity contribution in [1.82, 2.24) is 4.90 Å². The van der Waals surface area contributed by atoms with E-state index in [4.69, 9.17) is 9.47 Å². The fourth-order valence-electron chi connectivity index (χ4n) is 4.81. The molecule has 23 heavy (non-hydrogen) atoms. The molecule has 0 aromatic carbocycles. The van der Waals surface area contributed by atoms with Crippen LogP contribution < -0.4 is 0 Å². The van der Waals surface area contributed by atoms with Crippen LogP contribution in [0.3, 0.4) is 0 Å². The maximum atomic E-state index is 13.1. The summed E-state index contributed by atoms with van der Waals surface area (Å²) in [5.74, 6) is -1.08. The summed E-state index contributed by atoms with van der Waals surface area (Å²) < 4.78 is 11.5. The lowest BCUT2D eigenvalue weighted by atomic mass is 9.77. The van der Waals surface area contributed by atoms with Crippen molar-refractivity contribution in [2.75, 3.05) is 6.54 Å². The van der Waals surface area contributed by atoms with Gasteiger partial charge in [0, 0.05) is 6.04 Å². The number of carbonyl (C=O) groups excluding carboxylic acids is 2. The number of likely N-dealkylation sites (tertiary alicyclic amines) is 1. The molecule has 2 saturated heterocycles. The van der Waals surface area contributed by atoms with E-state index >= 15 is 0 Å². The average Bonchev–Trinajstić information content (AvgIpc) is 3.16. The number of ether oxygens (including phenoxy) is 2. The van der Waals surface area contributed by atoms with Crippen molar-refractivity contribution in [3.8, 4) is 0 Å². The Morgan fingerprint density at radius 3 is 2.78 bits per heavy atom. The van der Waals surface area contributed by atoms with Gasteiger partial charge in [0.2, 0.25) is 5.91 Å². The van der Waals surface area contributed by atoms with Gasteiger partial charge in [0.1, 0.15) is 11.5 Å². The van der Waals surface area contributed by atoms with Crippen LogP contribution in [0.5, 0.6) is 0 Å². The van der Waals surface area contributed by atoms with E-state index in [1.807, 2.05) is 30.9 Å². The van der Waals surface area contributed by atoms with Crippen molar-refractivity contribution in [2.45, 2.75) is 69.8 Å². The van der Waals surface area contributed by atoms with Crippen LogP contribution in [0.1, 0.15) is 46.0 Å². The smallest absolute Gasteiger partial charge is 0.313 e. The molecule has 4 atom stereocenters. The van der Waals surface area contributed by atoms with E-state index < -0.39 is 17.4 Å². The normalized spacial score (nSPS) is 39.3. The summed E-state index contributed by atoms with van der Waals surface area (Å²) in [4.78, 5) is 27.6. The van der Waals surface area contributed by atoms with Crippen LogP contribution in [0, 0.1) is 11.8 Å². The summed E-state index contributed by atoms with van der Waals surface area (Å²) in [6.45, 7) is 4.27. The van der Waals surface area contributed by atoms with Gasteiger partial charge in [-0.15, -0.1) is 0 Å². The van der Waals surface area contributed by atoms with Crippen LogP contribution in [0.15, 0.2) is 12.2 Å². The lowest BCUT2D eigenvalue weighted by molar-refractivity contribution is -0.157. The number of rotatable bonds is 3. The van der Waals surface area contributed by atoms with Crippen molar-refractivity contribution in [3.05, 3.63) is 12.2 Å². The lowest BCUT2D eigenvalue weighted by Gasteiger charge is -2.32. The zero-order chi connectivity index (χ0) is 16.2. The number of amides is 1. The van der Waals surface area contributed by atoms with Gasteiger partial charge in [0.15, 0.2) is 0 Å². The van der Waals surface area contributed by atoms with Gasteiger partial charge in [0.05, 0.1) is 24.7 Å². The first-order chi connectivity index (χ1) is 11.0. The van der Waals surface area contributed by atoms with Crippen molar-refractivity contribution >= 4 is 11.9 Å². The van der Waals surface area contributed by atoms with Crippen LogP contribution in [0.25, 0.3) is 0 Å². The number of esters is 1. The SMILES string of the molecule is CC(C)OC(=O)[C@H]1[C@H]2C(=O)N(C3CCCCC3)C[C@]23C=C[C@H]1O3. The Hall–Kier alpha value is -1.36. The number of hydrogen-bond donors (Lipinski definition) is 0. The van der Waals surface area contributed by atoms with Crippen LogP contribution in [0.4, 0.5) is 0 Å².